The van der Waals surface area contributed by atoms with E-state index in [0.29, 0.717) is 5.11 Å². The van der Waals surface area contributed by atoms with Crippen molar-refractivity contribution in [3.63, 3.8) is 0 Å². The second kappa shape index (κ2) is 12.9. The molecule has 2 N–H and O–H groups in total. The van der Waals surface area contributed by atoms with Crippen LogP contribution in [0, 0.1) is 0 Å². The number of benzene rings is 1. The first kappa shape index (κ1) is 20.6. The normalized spacial score (nSPS) is 10.3. The van der Waals surface area contributed by atoms with E-state index in [2.05, 4.69) is 17.6 Å². The molecule has 0 aliphatic carbocycles. The summed E-state index contributed by atoms with van der Waals surface area (Å²) >= 11 is 5.34. The highest BCUT2D eigenvalue weighted by Gasteiger charge is 2.03. The standard InChI is InChI=1S/C19H32N2O2S/c1-4-5-6-7-8-9-10-11-12-20-19(24)21-16-13-17(22-2)15-18(14-16)23-3/h13-15H,4-12H2,1-3H3,(H2,20,21,24). The first-order valence-electron chi connectivity index (χ1n) is 8.97. The quantitative estimate of drug-likeness (QED) is 0.403. The van der Waals surface area contributed by atoms with Crippen LogP contribution in [0.2, 0.25) is 0 Å². The smallest absolute Gasteiger partial charge is 0.170 e. The third kappa shape index (κ3) is 8.96. The van der Waals surface area contributed by atoms with Gasteiger partial charge in [-0.25, -0.2) is 0 Å². The molecule has 0 amide bonds. The first-order chi connectivity index (χ1) is 11.7. The maximum absolute atomic E-state index is 5.34. The Balaban J connectivity index is 2.18. The second-order valence-electron chi connectivity index (χ2n) is 5.96. The highest BCUT2D eigenvalue weighted by Crippen LogP contribution is 2.25. The van der Waals surface area contributed by atoms with E-state index in [1.165, 1.54) is 44.9 Å². The molecule has 0 saturated carbocycles. The van der Waals surface area contributed by atoms with Gasteiger partial charge in [-0.3, -0.25) is 0 Å². The number of ether oxygens (including phenoxy) is 2. The van der Waals surface area contributed by atoms with Crippen LogP contribution < -0.4 is 20.1 Å². The Morgan fingerprint density at radius 3 is 1.96 bits per heavy atom. The van der Waals surface area contributed by atoms with Gasteiger partial charge in [-0.1, -0.05) is 51.9 Å². The summed E-state index contributed by atoms with van der Waals surface area (Å²) in [5.41, 5.74) is 0.861. The molecule has 0 aliphatic rings. The summed E-state index contributed by atoms with van der Waals surface area (Å²) < 4.78 is 10.5. The molecule has 4 nitrogen and oxygen atoms in total. The van der Waals surface area contributed by atoms with Crippen molar-refractivity contribution >= 4 is 23.0 Å². The third-order valence-corrected chi connectivity index (χ3v) is 4.17. The van der Waals surface area contributed by atoms with Crippen LogP contribution in [0.25, 0.3) is 0 Å². The van der Waals surface area contributed by atoms with Crippen LogP contribution in [0.3, 0.4) is 0 Å². The molecule has 0 aromatic heterocycles. The molecule has 0 atom stereocenters. The molecule has 0 fully saturated rings. The average Bonchev–Trinajstić information content (AvgIpc) is 2.59. The Labute approximate surface area is 152 Å². The summed E-state index contributed by atoms with van der Waals surface area (Å²) in [6.45, 7) is 3.16. The van der Waals surface area contributed by atoms with Crippen LogP contribution in [0.5, 0.6) is 11.5 Å². The fraction of sp³-hybridized carbons (Fsp3) is 0.632. The van der Waals surface area contributed by atoms with Gasteiger partial charge >= 0.3 is 0 Å². The van der Waals surface area contributed by atoms with E-state index in [1.807, 2.05) is 18.2 Å². The van der Waals surface area contributed by atoms with Crippen molar-refractivity contribution in [1.29, 1.82) is 0 Å². The Morgan fingerprint density at radius 1 is 0.875 bits per heavy atom. The minimum Gasteiger partial charge on any atom is -0.497 e. The van der Waals surface area contributed by atoms with Crippen LogP contribution >= 0.6 is 12.2 Å². The van der Waals surface area contributed by atoms with Gasteiger partial charge in [0, 0.05) is 30.4 Å². The SMILES string of the molecule is CCCCCCCCCCNC(=S)Nc1cc(OC)cc(OC)c1. The second-order valence-corrected chi connectivity index (χ2v) is 6.37. The molecule has 0 aliphatic heterocycles. The molecule has 0 heterocycles. The summed E-state index contributed by atoms with van der Waals surface area (Å²) in [6, 6.07) is 5.63. The zero-order chi connectivity index (χ0) is 17.6. The van der Waals surface area contributed by atoms with E-state index in [4.69, 9.17) is 21.7 Å². The largest absolute Gasteiger partial charge is 0.497 e. The van der Waals surface area contributed by atoms with E-state index in [-0.39, 0.29) is 0 Å². The van der Waals surface area contributed by atoms with Crippen molar-refractivity contribution in [3.8, 4) is 11.5 Å². The predicted molar refractivity (Wildman–Crippen MR) is 106 cm³/mol. The summed E-state index contributed by atoms with van der Waals surface area (Å²) in [5, 5.41) is 7.07. The molecule has 1 aromatic carbocycles. The van der Waals surface area contributed by atoms with Gasteiger partial charge in [-0.2, -0.15) is 0 Å². The molecule has 24 heavy (non-hydrogen) atoms. The first-order valence-corrected chi connectivity index (χ1v) is 9.38. The lowest BCUT2D eigenvalue weighted by Crippen LogP contribution is -2.29. The van der Waals surface area contributed by atoms with Crippen molar-refractivity contribution in [1.82, 2.24) is 5.32 Å². The number of rotatable bonds is 12. The number of nitrogens with one attached hydrogen (secondary N) is 2. The fourth-order valence-corrected chi connectivity index (χ4v) is 2.74. The monoisotopic (exact) mass is 352 g/mol. The molecule has 0 spiro atoms. The van der Waals surface area contributed by atoms with Crippen LogP contribution in [0.15, 0.2) is 18.2 Å². The highest BCUT2D eigenvalue weighted by molar-refractivity contribution is 7.80. The Bertz CT molecular complexity index is 458. The van der Waals surface area contributed by atoms with Crippen LogP contribution in [-0.4, -0.2) is 25.9 Å². The van der Waals surface area contributed by atoms with E-state index in [9.17, 15) is 0 Å². The molecular weight excluding hydrogens is 320 g/mol. The van der Waals surface area contributed by atoms with Gasteiger partial charge in [0.05, 0.1) is 14.2 Å². The molecular formula is C19H32N2O2S. The van der Waals surface area contributed by atoms with E-state index in [1.54, 1.807) is 14.2 Å². The number of methoxy groups -OCH3 is 2. The summed E-state index contributed by atoms with van der Waals surface area (Å²) in [4.78, 5) is 0. The lowest BCUT2D eigenvalue weighted by atomic mass is 10.1. The zero-order valence-corrected chi connectivity index (χ0v) is 16.1. The third-order valence-electron chi connectivity index (χ3n) is 3.93. The molecule has 1 rings (SSSR count). The molecule has 0 unspecified atom stereocenters. The minimum absolute atomic E-state index is 0.633. The zero-order valence-electron chi connectivity index (χ0n) is 15.3. The minimum atomic E-state index is 0.633. The van der Waals surface area contributed by atoms with Crippen molar-refractivity contribution in [2.24, 2.45) is 0 Å². The van der Waals surface area contributed by atoms with Gasteiger partial charge in [0.1, 0.15) is 11.5 Å². The molecule has 136 valence electrons. The summed E-state index contributed by atoms with van der Waals surface area (Å²) in [7, 11) is 3.27. The highest BCUT2D eigenvalue weighted by atomic mass is 32.1. The van der Waals surface area contributed by atoms with Gasteiger partial charge in [0.15, 0.2) is 5.11 Å². The van der Waals surface area contributed by atoms with Gasteiger partial charge in [-0.15, -0.1) is 0 Å². The molecule has 5 heteroatoms. The van der Waals surface area contributed by atoms with Crippen LogP contribution in [0.4, 0.5) is 5.69 Å². The van der Waals surface area contributed by atoms with Gasteiger partial charge < -0.3 is 20.1 Å². The van der Waals surface area contributed by atoms with Crippen LogP contribution in [0.1, 0.15) is 58.3 Å². The Morgan fingerprint density at radius 2 is 1.42 bits per heavy atom. The number of hydrogen-bond donors (Lipinski definition) is 2. The average molecular weight is 353 g/mol. The van der Waals surface area contributed by atoms with Crippen molar-refractivity contribution in [3.05, 3.63) is 18.2 Å². The molecule has 0 bridgehead atoms. The van der Waals surface area contributed by atoms with Crippen molar-refractivity contribution in [2.45, 2.75) is 58.3 Å². The van der Waals surface area contributed by atoms with Gasteiger partial charge in [0.25, 0.3) is 0 Å². The maximum atomic E-state index is 5.34. The maximum Gasteiger partial charge on any atom is 0.170 e. The van der Waals surface area contributed by atoms with Crippen LogP contribution in [-0.2, 0) is 0 Å². The lowest BCUT2D eigenvalue weighted by molar-refractivity contribution is 0.395. The topological polar surface area (TPSA) is 42.5 Å². The molecule has 1 aromatic rings. The Kier molecular flexibility index (Phi) is 11.0. The van der Waals surface area contributed by atoms with E-state index >= 15 is 0 Å². The van der Waals surface area contributed by atoms with E-state index < -0.39 is 0 Å². The van der Waals surface area contributed by atoms with Gasteiger partial charge in [0.2, 0.25) is 0 Å². The predicted octanol–water partition coefficient (Wildman–Crippen LogP) is 5.13. The van der Waals surface area contributed by atoms with Crippen molar-refractivity contribution < 1.29 is 9.47 Å². The molecule has 0 radical (unpaired) electrons. The number of hydrogen-bond acceptors (Lipinski definition) is 3. The van der Waals surface area contributed by atoms with Crippen molar-refractivity contribution in [2.75, 3.05) is 26.1 Å². The Hall–Kier alpha value is -1.49. The van der Waals surface area contributed by atoms with Gasteiger partial charge in [-0.05, 0) is 18.6 Å². The number of unbranched alkanes of at least 4 members (excludes halogenated alkanes) is 7. The lowest BCUT2D eigenvalue weighted by Gasteiger charge is -2.13. The summed E-state index contributed by atoms with van der Waals surface area (Å²) in [5.74, 6) is 1.48. The molecule has 0 saturated heterocycles. The number of thiocarbonyl (C=S) groups is 1. The number of anilines is 1. The van der Waals surface area contributed by atoms with E-state index in [0.717, 1.165) is 30.2 Å². The summed E-state index contributed by atoms with van der Waals surface area (Å²) in [6.07, 6.45) is 10.5. The fourth-order valence-electron chi connectivity index (χ4n) is 2.52.